The van der Waals surface area contributed by atoms with E-state index in [9.17, 15) is 19.7 Å². The molecule has 33 heavy (non-hydrogen) atoms. The zero-order valence-electron chi connectivity index (χ0n) is 17.9. The Labute approximate surface area is 192 Å². The van der Waals surface area contributed by atoms with Gasteiger partial charge in [-0.15, -0.1) is 0 Å². The predicted molar refractivity (Wildman–Crippen MR) is 124 cm³/mol. The second-order valence-electron chi connectivity index (χ2n) is 7.03. The molecular formula is C23H18N2O7S. The second kappa shape index (κ2) is 8.83. The maximum atomic E-state index is 13.0. The minimum absolute atomic E-state index is 0.0807. The van der Waals surface area contributed by atoms with E-state index < -0.39 is 16.1 Å². The van der Waals surface area contributed by atoms with Crippen molar-refractivity contribution in [3.8, 4) is 22.8 Å². The van der Waals surface area contributed by atoms with Gasteiger partial charge in [0, 0.05) is 18.2 Å². The number of benzene rings is 2. The molecule has 2 aromatic carbocycles. The number of ether oxygens (including phenoxy) is 2. The van der Waals surface area contributed by atoms with Crippen molar-refractivity contribution >= 4 is 40.4 Å². The average molecular weight is 466 g/mol. The molecule has 1 aromatic heterocycles. The average Bonchev–Trinajstić information content (AvgIpc) is 3.37. The number of rotatable bonds is 6. The number of amides is 2. The fourth-order valence-electron chi connectivity index (χ4n) is 3.35. The summed E-state index contributed by atoms with van der Waals surface area (Å²) < 4.78 is 16.2. The van der Waals surface area contributed by atoms with Gasteiger partial charge >= 0.3 is 0 Å². The van der Waals surface area contributed by atoms with Gasteiger partial charge in [-0.25, -0.2) is 4.90 Å². The molecule has 0 saturated carbocycles. The summed E-state index contributed by atoms with van der Waals surface area (Å²) in [4.78, 5) is 37.7. The summed E-state index contributed by atoms with van der Waals surface area (Å²) in [6, 6.07) is 12.8. The lowest BCUT2D eigenvalue weighted by molar-refractivity contribution is -0.384. The van der Waals surface area contributed by atoms with Crippen molar-refractivity contribution in [2.24, 2.45) is 0 Å². The zero-order chi connectivity index (χ0) is 23.7. The number of thioether (sulfide) groups is 1. The van der Waals surface area contributed by atoms with Crippen LogP contribution in [0.25, 0.3) is 17.4 Å². The van der Waals surface area contributed by atoms with Crippen LogP contribution in [0.5, 0.6) is 11.5 Å². The minimum Gasteiger partial charge on any atom is -0.497 e. The van der Waals surface area contributed by atoms with Crippen molar-refractivity contribution in [3.05, 3.63) is 74.9 Å². The van der Waals surface area contributed by atoms with E-state index in [0.29, 0.717) is 22.7 Å². The van der Waals surface area contributed by atoms with Crippen molar-refractivity contribution in [2.75, 3.05) is 19.1 Å². The van der Waals surface area contributed by atoms with E-state index in [1.165, 1.54) is 26.4 Å². The number of imide groups is 1. The van der Waals surface area contributed by atoms with Gasteiger partial charge in [0.2, 0.25) is 0 Å². The van der Waals surface area contributed by atoms with Crippen LogP contribution in [-0.2, 0) is 4.79 Å². The van der Waals surface area contributed by atoms with Gasteiger partial charge in [0.05, 0.1) is 35.3 Å². The van der Waals surface area contributed by atoms with Crippen molar-refractivity contribution < 1.29 is 28.4 Å². The number of nitro groups is 1. The van der Waals surface area contributed by atoms with Crippen molar-refractivity contribution in [2.45, 2.75) is 6.92 Å². The SMILES string of the molecule is COc1ccc(N2C(=O)S/C(=C/c3ccc(-c4ccc(C)cc4[N+](=O)[O-])o3)C2=O)c(OC)c1. The van der Waals surface area contributed by atoms with E-state index in [1.807, 2.05) is 0 Å². The summed E-state index contributed by atoms with van der Waals surface area (Å²) in [6.45, 7) is 1.76. The quantitative estimate of drug-likeness (QED) is 0.269. The van der Waals surface area contributed by atoms with E-state index in [1.54, 1.807) is 49.4 Å². The number of anilines is 1. The van der Waals surface area contributed by atoms with Crippen LogP contribution in [0.4, 0.5) is 16.2 Å². The number of nitrogens with zero attached hydrogens (tertiary/aromatic N) is 2. The number of hydrogen-bond donors (Lipinski definition) is 0. The van der Waals surface area contributed by atoms with Crippen LogP contribution in [0, 0.1) is 17.0 Å². The number of furan rings is 1. The summed E-state index contributed by atoms with van der Waals surface area (Å²) in [5, 5.41) is 10.9. The molecule has 2 heterocycles. The summed E-state index contributed by atoms with van der Waals surface area (Å²) in [5.41, 5.74) is 1.28. The third-order valence-corrected chi connectivity index (χ3v) is 5.81. The summed E-state index contributed by atoms with van der Waals surface area (Å²) in [5.74, 6) is 0.861. The lowest BCUT2D eigenvalue weighted by Crippen LogP contribution is -2.28. The Morgan fingerprint density at radius 3 is 2.55 bits per heavy atom. The van der Waals surface area contributed by atoms with Crippen molar-refractivity contribution in [1.29, 1.82) is 0 Å². The van der Waals surface area contributed by atoms with Gasteiger partial charge in [0.1, 0.15) is 23.0 Å². The van der Waals surface area contributed by atoms with Gasteiger partial charge in [-0.05, 0) is 54.6 Å². The lowest BCUT2D eigenvalue weighted by atomic mass is 10.1. The molecule has 0 N–H and O–H groups in total. The standard InChI is InChI=1S/C23H18N2O7S/c1-13-4-7-16(18(10-13)25(28)29)19-9-6-15(32-19)12-21-22(26)24(23(27)33-21)17-8-5-14(30-2)11-20(17)31-3/h4-12H,1-3H3/b21-12+. The summed E-state index contributed by atoms with van der Waals surface area (Å²) >= 11 is 0.759. The number of aryl methyl sites for hydroxylation is 1. The molecular weight excluding hydrogens is 448 g/mol. The van der Waals surface area contributed by atoms with Gasteiger partial charge < -0.3 is 13.9 Å². The number of methoxy groups -OCH3 is 2. The van der Waals surface area contributed by atoms with Crippen molar-refractivity contribution in [1.82, 2.24) is 0 Å². The molecule has 1 fully saturated rings. The fourth-order valence-corrected chi connectivity index (χ4v) is 4.16. The largest absolute Gasteiger partial charge is 0.497 e. The molecule has 10 heteroatoms. The molecule has 1 aliphatic rings. The van der Waals surface area contributed by atoms with Crippen LogP contribution in [0.3, 0.4) is 0 Å². The molecule has 0 radical (unpaired) electrons. The topological polar surface area (TPSA) is 112 Å². The zero-order valence-corrected chi connectivity index (χ0v) is 18.7. The summed E-state index contributed by atoms with van der Waals surface area (Å²) in [6.07, 6.45) is 1.43. The van der Waals surface area contributed by atoms with E-state index in [-0.39, 0.29) is 22.1 Å². The third kappa shape index (κ3) is 4.20. The lowest BCUT2D eigenvalue weighted by Gasteiger charge is -2.16. The monoisotopic (exact) mass is 466 g/mol. The first-order chi connectivity index (χ1) is 15.8. The highest BCUT2D eigenvalue weighted by Crippen LogP contribution is 2.41. The van der Waals surface area contributed by atoms with Crippen LogP contribution >= 0.6 is 11.8 Å². The summed E-state index contributed by atoms with van der Waals surface area (Å²) in [7, 11) is 2.93. The minimum atomic E-state index is -0.535. The molecule has 2 amide bonds. The van der Waals surface area contributed by atoms with Gasteiger partial charge in [0.25, 0.3) is 16.8 Å². The van der Waals surface area contributed by atoms with E-state index >= 15 is 0 Å². The second-order valence-corrected chi connectivity index (χ2v) is 8.03. The van der Waals surface area contributed by atoms with E-state index in [0.717, 1.165) is 22.2 Å². The first-order valence-corrected chi connectivity index (χ1v) is 10.5. The molecule has 1 saturated heterocycles. The van der Waals surface area contributed by atoms with Crippen LogP contribution in [-0.4, -0.2) is 30.3 Å². The highest BCUT2D eigenvalue weighted by atomic mass is 32.2. The Morgan fingerprint density at radius 1 is 1.06 bits per heavy atom. The molecule has 4 rings (SSSR count). The third-order valence-electron chi connectivity index (χ3n) is 4.94. The first-order valence-electron chi connectivity index (χ1n) is 9.67. The van der Waals surface area contributed by atoms with Gasteiger partial charge in [-0.2, -0.15) is 0 Å². The highest BCUT2D eigenvalue weighted by molar-refractivity contribution is 8.19. The Kier molecular flexibility index (Phi) is 5.93. The van der Waals surface area contributed by atoms with Crippen LogP contribution in [0.2, 0.25) is 0 Å². The molecule has 0 unspecified atom stereocenters. The molecule has 0 bridgehead atoms. The number of carbonyl (C=O) groups excluding carboxylic acids is 2. The predicted octanol–water partition coefficient (Wildman–Crippen LogP) is 5.42. The first kappa shape index (κ1) is 22.2. The van der Waals surface area contributed by atoms with Gasteiger partial charge in [-0.3, -0.25) is 19.7 Å². The number of nitro benzene ring substituents is 1. The van der Waals surface area contributed by atoms with E-state index in [4.69, 9.17) is 13.9 Å². The van der Waals surface area contributed by atoms with Crippen LogP contribution in [0.1, 0.15) is 11.3 Å². The van der Waals surface area contributed by atoms with Gasteiger partial charge in [-0.1, -0.05) is 6.07 Å². The smallest absolute Gasteiger partial charge is 0.298 e. The molecule has 0 atom stereocenters. The fraction of sp³-hybridized carbons (Fsp3) is 0.130. The van der Waals surface area contributed by atoms with Crippen LogP contribution < -0.4 is 14.4 Å². The van der Waals surface area contributed by atoms with E-state index in [2.05, 4.69) is 0 Å². The number of hydrogen-bond acceptors (Lipinski definition) is 8. The highest BCUT2D eigenvalue weighted by Gasteiger charge is 2.38. The molecule has 1 aliphatic heterocycles. The number of carbonyl (C=O) groups is 2. The Balaban J connectivity index is 1.65. The van der Waals surface area contributed by atoms with Crippen molar-refractivity contribution in [3.63, 3.8) is 0 Å². The Bertz CT molecular complexity index is 1310. The normalized spacial score (nSPS) is 14.8. The molecule has 3 aromatic rings. The molecule has 168 valence electrons. The molecule has 9 nitrogen and oxygen atoms in total. The Morgan fingerprint density at radius 2 is 1.85 bits per heavy atom. The molecule has 0 spiro atoms. The molecule has 0 aliphatic carbocycles. The van der Waals surface area contributed by atoms with Crippen LogP contribution in [0.15, 0.2) is 57.9 Å². The maximum Gasteiger partial charge on any atom is 0.298 e. The van der Waals surface area contributed by atoms with Gasteiger partial charge in [0.15, 0.2) is 0 Å². The maximum absolute atomic E-state index is 13.0. The Hall–Kier alpha value is -4.05.